The van der Waals surface area contributed by atoms with Crippen molar-refractivity contribution >= 4 is 18.6 Å². The van der Waals surface area contributed by atoms with Crippen molar-refractivity contribution in [3.05, 3.63) is 36.4 Å². The highest BCUT2D eigenvalue weighted by Gasteiger charge is 1.81. The fourth-order valence-electron chi connectivity index (χ4n) is 0.385. The van der Waals surface area contributed by atoms with Crippen molar-refractivity contribution in [1.82, 2.24) is 0 Å². The molecule has 1 N–H and O–H groups in total. The summed E-state index contributed by atoms with van der Waals surface area (Å²) in [6.07, 6.45) is 0. The molecule has 0 unspecified atom stereocenters. The predicted octanol–water partition coefficient (Wildman–Crippen LogP) is 1.69. The zero-order valence-electron chi connectivity index (χ0n) is 5.97. The molecule has 0 radical (unpaired) electrons. The van der Waals surface area contributed by atoms with E-state index in [0.29, 0.717) is 0 Å². The minimum absolute atomic E-state index is 0.0833. The summed E-state index contributed by atoms with van der Waals surface area (Å²) in [7, 11) is 0. The third-order valence-electron chi connectivity index (χ3n) is 0.802. The van der Waals surface area contributed by atoms with Gasteiger partial charge in [0.1, 0.15) is 0 Å². The van der Waals surface area contributed by atoms with Crippen LogP contribution in [-0.4, -0.2) is 16.8 Å². The number of carbonyl (C=O) groups is 1. The van der Waals surface area contributed by atoms with E-state index in [4.69, 9.17) is 5.11 Å². The Morgan fingerprint density at radius 2 is 1.27 bits per heavy atom. The molecule has 60 valence electrons. The number of rotatable bonds is 1. The molecule has 0 aromatic heterocycles. The third kappa shape index (κ3) is 9.04. The molecule has 0 aliphatic carbocycles. The van der Waals surface area contributed by atoms with Crippen molar-refractivity contribution < 1.29 is 9.90 Å². The first-order chi connectivity index (χ1) is 5.27. The quantitative estimate of drug-likeness (QED) is 0.629. The van der Waals surface area contributed by atoms with E-state index in [1.54, 1.807) is 0 Å². The lowest BCUT2D eigenvalue weighted by molar-refractivity contribution is -0.133. The van der Waals surface area contributed by atoms with Crippen LogP contribution in [0.15, 0.2) is 36.4 Å². The summed E-state index contributed by atoms with van der Waals surface area (Å²) in [5.74, 6) is -0.965. The van der Waals surface area contributed by atoms with Gasteiger partial charge in [0.25, 0.3) is 0 Å². The van der Waals surface area contributed by atoms with Crippen LogP contribution in [0.2, 0.25) is 0 Å². The average molecular weight is 170 g/mol. The van der Waals surface area contributed by atoms with Crippen molar-refractivity contribution in [2.24, 2.45) is 0 Å². The first-order valence-electron chi connectivity index (χ1n) is 3.10. The SMILES string of the molecule is O=C(O)CS.c1ccccc1. The van der Waals surface area contributed by atoms with E-state index in [0.717, 1.165) is 0 Å². The van der Waals surface area contributed by atoms with Gasteiger partial charge in [0.2, 0.25) is 0 Å². The predicted molar refractivity (Wildman–Crippen MR) is 47.9 cm³/mol. The Hall–Kier alpha value is -0.960. The molecule has 0 bridgehead atoms. The monoisotopic (exact) mass is 170 g/mol. The fourth-order valence-corrected chi connectivity index (χ4v) is 0.385. The second-order valence-corrected chi connectivity index (χ2v) is 2.02. The molecule has 1 aromatic rings. The van der Waals surface area contributed by atoms with Gasteiger partial charge in [0.15, 0.2) is 0 Å². The number of hydrogen-bond donors (Lipinski definition) is 2. The van der Waals surface area contributed by atoms with Gasteiger partial charge in [-0.3, -0.25) is 4.79 Å². The van der Waals surface area contributed by atoms with Gasteiger partial charge >= 0.3 is 5.97 Å². The molecule has 0 aliphatic heterocycles. The van der Waals surface area contributed by atoms with Crippen molar-refractivity contribution in [1.29, 1.82) is 0 Å². The van der Waals surface area contributed by atoms with E-state index in [1.165, 1.54) is 0 Å². The number of thiol groups is 1. The van der Waals surface area contributed by atoms with Gasteiger partial charge in [-0.1, -0.05) is 36.4 Å². The zero-order valence-corrected chi connectivity index (χ0v) is 6.87. The second-order valence-electron chi connectivity index (χ2n) is 1.71. The summed E-state index contributed by atoms with van der Waals surface area (Å²) in [5.41, 5.74) is 0. The van der Waals surface area contributed by atoms with E-state index in [-0.39, 0.29) is 5.75 Å². The molecule has 0 saturated carbocycles. The summed E-state index contributed by atoms with van der Waals surface area (Å²) in [6.45, 7) is 0. The molecule has 1 aromatic carbocycles. The number of aliphatic carboxylic acids is 1. The summed E-state index contributed by atoms with van der Waals surface area (Å²) in [6, 6.07) is 12.0. The Balaban J connectivity index is 0.000000187. The fraction of sp³-hybridized carbons (Fsp3) is 0.125. The molecule has 3 heteroatoms. The van der Waals surface area contributed by atoms with Crippen LogP contribution in [0.1, 0.15) is 0 Å². The van der Waals surface area contributed by atoms with Crippen LogP contribution in [0.3, 0.4) is 0 Å². The Bertz CT molecular complexity index is 160. The molecule has 0 spiro atoms. The van der Waals surface area contributed by atoms with Gasteiger partial charge in [-0.2, -0.15) is 12.6 Å². The number of benzene rings is 1. The van der Waals surface area contributed by atoms with Gasteiger partial charge in [0, 0.05) is 0 Å². The van der Waals surface area contributed by atoms with E-state index in [9.17, 15) is 4.79 Å². The van der Waals surface area contributed by atoms with Crippen LogP contribution in [0.25, 0.3) is 0 Å². The molecule has 2 nitrogen and oxygen atoms in total. The highest BCUT2D eigenvalue weighted by atomic mass is 32.1. The highest BCUT2D eigenvalue weighted by molar-refractivity contribution is 7.81. The van der Waals surface area contributed by atoms with Crippen LogP contribution in [0.5, 0.6) is 0 Å². The zero-order chi connectivity index (χ0) is 8.53. The van der Waals surface area contributed by atoms with E-state index in [2.05, 4.69) is 12.6 Å². The minimum Gasteiger partial charge on any atom is -0.481 e. The molecule has 0 aliphatic rings. The molecular formula is C8H10O2S. The molecule has 0 saturated heterocycles. The van der Waals surface area contributed by atoms with Crippen LogP contribution in [0.4, 0.5) is 0 Å². The standard InChI is InChI=1S/C6H6.C2H4O2S/c1-2-4-6-5-3-1;3-2(4)1-5/h1-6H;5H,1H2,(H,3,4). The minimum atomic E-state index is -0.881. The molecular weight excluding hydrogens is 160 g/mol. The lowest BCUT2D eigenvalue weighted by atomic mass is 10.4. The Kier molecular flexibility index (Phi) is 6.53. The number of carboxylic acids is 1. The first kappa shape index (κ1) is 10.0. The molecule has 0 heterocycles. The van der Waals surface area contributed by atoms with Crippen LogP contribution in [0, 0.1) is 0 Å². The largest absolute Gasteiger partial charge is 0.481 e. The van der Waals surface area contributed by atoms with Crippen molar-refractivity contribution in [3.8, 4) is 0 Å². The maximum atomic E-state index is 9.29. The van der Waals surface area contributed by atoms with E-state index in [1.807, 2.05) is 36.4 Å². The van der Waals surface area contributed by atoms with E-state index >= 15 is 0 Å². The van der Waals surface area contributed by atoms with Crippen LogP contribution < -0.4 is 0 Å². The Morgan fingerprint density at radius 1 is 1.09 bits per heavy atom. The summed E-state index contributed by atoms with van der Waals surface area (Å²) < 4.78 is 0. The van der Waals surface area contributed by atoms with Gasteiger partial charge in [0.05, 0.1) is 5.75 Å². The smallest absolute Gasteiger partial charge is 0.313 e. The summed E-state index contributed by atoms with van der Waals surface area (Å²) >= 11 is 3.42. The summed E-state index contributed by atoms with van der Waals surface area (Å²) in [5, 5.41) is 7.65. The average Bonchev–Trinajstić information content (AvgIpc) is 2.09. The Labute approximate surface area is 71.3 Å². The van der Waals surface area contributed by atoms with Gasteiger partial charge < -0.3 is 5.11 Å². The third-order valence-corrected chi connectivity index (χ3v) is 1.07. The van der Waals surface area contributed by atoms with Gasteiger partial charge in [-0.15, -0.1) is 0 Å². The lowest BCUT2D eigenvalue weighted by Crippen LogP contribution is -1.92. The summed E-state index contributed by atoms with van der Waals surface area (Å²) in [4.78, 5) is 9.29. The van der Waals surface area contributed by atoms with Gasteiger partial charge in [-0.05, 0) is 0 Å². The molecule has 0 amide bonds. The molecule has 1 rings (SSSR count). The topological polar surface area (TPSA) is 37.3 Å². The first-order valence-corrected chi connectivity index (χ1v) is 3.73. The highest BCUT2D eigenvalue weighted by Crippen LogP contribution is 1.79. The van der Waals surface area contributed by atoms with Crippen molar-refractivity contribution in [2.75, 3.05) is 5.75 Å². The Morgan fingerprint density at radius 3 is 1.36 bits per heavy atom. The molecule has 0 fully saturated rings. The maximum Gasteiger partial charge on any atom is 0.313 e. The van der Waals surface area contributed by atoms with Crippen molar-refractivity contribution in [2.45, 2.75) is 0 Å². The van der Waals surface area contributed by atoms with Crippen LogP contribution >= 0.6 is 12.6 Å². The molecule has 11 heavy (non-hydrogen) atoms. The number of carboxylic acid groups (broad SMARTS) is 1. The lowest BCUT2D eigenvalue weighted by Gasteiger charge is -1.71. The second kappa shape index (κ2) is 7.15. The van der Waals surface area contributed by atoms with Crippen molar-refractivity contribution in [3.63, 3.8) is 0 Å². The number of hydrogen-bond acceptors (Lipinski definition) is 2. The van der Waals surface area contributed by atoms with Gasteiger partial charge in [-0.25, -0.2) is 0 Å². The van der Waals surface area contributed by atoms with E-state index < -0.39 is 5.97 Å². The maximum absolute atomic E-state index is 9.29. The normalized spacial score (nSPS) is 7.73. The molecule has 0 atom stereocenters. The van der Waals surface area contributed by atoms with Crippen LogP contribution in [-0.2, 0) is 4.79 Å².